The van der Waals surface area contributed by atoms with Crippen LogP contribution in [0, 0.1) is 0 Å². The second kappa shape index (κ2) is 7.68. The summed E-state index contributed by atoms with van der Waals surface area (Å²) in [5.74, 6) is -0.315. The molecule has 3 rings (SSSR count). The van der Waals surface area contributed by atoms with E-state index in [1.807, 2.05) is 73.6 Å². The number of carbonyl (C=O) groups excluding carboxylic acids is 1. The molecule has 6 heteroatoms. The summed E-state index contributed by atoms with van der Waals surface area (Å²) in [5.41, 5.74) is 1.72. The second-order valence-corrected chi connectivity index (χ2v) is 7.29. The van der Waals surface area contributed by atoms with Gasteiger partial charge in [0.25, 0.3) is 11.5 Å². The Labute approximate surface area is 164 Å². The van der Waals surface area contributed by atoms with Gasteiger partial charge in [0, 0.05) is 37.1 Å². The summed E-state index contributed by atoms with van der Waals surface area (Å²) in [4.78, 5) is 27.4. The van der Waals surface area contributed by atoms with E-state index in [-0.39, 0.29) is 11.5 Å². The van der Waals surface area contributed by atoms with Gasteiger partial charge in [0.05, 0.1) is 5.69 Å². The van der Waals surface area contributed by atoms with Gasteiger partial charge in [-0.25, -0.2) is 4.68 Å². The molecule has 0 radical (unpaired) electrons. The van der Waals surface area contributed by atoms with Gasteiger partial charge in [0.1, 0.15) is 5.54 Å². The number of anilines is 2. The number of benzene rings is 2. The summed E-state index contributed by atoms with van der Waals surface area (Å²) in [6, 6.07) is 20.2. The highest BCUT2D eigenvalue weighted by Gasteiger charge is 2.32. The topological polar surface area (TPSA) is 67.2 Å². The Balaban J connectivity index is 1.89. The number of aromatic nitrogens is 2. The second-order valence-electron chi connectivity index (χ2n) is 7.29. The largest absolute Gasteiger partial charge is 0.378 e. The van der Waals surface area contributed by atoms with Crippen LogP contribution in [0.5, 0.6) is 0 Å². The van der Waals surface area contributed by atoms with Gasteiger partial charge in [-0.15, -0.1) is 0 Å². The number of amides is 1. The molecule has 0 aliphatic rings. The first-order valence-corrected chi connectivity index (χ1v) is 9.04. The van der Waals surface area contributed by atoms with Crippen molar-refractivity contribution in [1.29, 1.82) is 0 Å². The van der Waals surface area contributed by atoms with Crippen LogP contribution in [-0.2, 0) is 10.3 Å². The van der Waals surface area contributed by atoms with Crippen LogP contribution in [0.3, 0.4) is 0 Å². The lowest BCUT2D eigenvalue weighted by atomic mass is 10.0. The summed E-state index contributed by atoms with van der Waals surface area (Å²) in [7, 11) is 3.91. The molecule has 1 heterocycles. The maximum Gasteiger partial charge on any atom is 0.267 e. The van der Waals surface area contributed by atoms with Crippen molar-refractivity contribution in [2.45, 2.75) is 19.4 Å². The Bertz CT molecular complexity index is 1020. The van der Waals surface area contributed by atoms with Crippen LogP contribution >= 0.6 is 0 Å². The molecular formula is C22H24N4O2. The van der Waals surface area contributed by atoms with E-state index in [1.165, 1.54) is 10.7 Å². The highest BCUT2D eigenvalue weighted by molar-refractivity contribution is 5.96. The molecule has 0 saturated heterocycles. The van der Waals surface area contributed by atoms with Crippen molar-refractivity contribution in [2.24, 2.45) is 0 Å². The minimum Gasteiger partial charge on any atom is -0.378 e. The molecular weight excluding hydrogens is 352 g/mol. The Morgan fingerprint density at radius 2 is 1.61 bits per heavy atom. The highest BCUT2D eigenvalue weighted by atomic mass is 16.2. The fourth-order valence-electron chi connectivity index (χ4n) is 2.80. The summed E-state index contributed by atoms with van der Waals surface area (Å²) in [6.45, 7) is 3.36. The van der Waals surface area contributed by atoms with E-state index in [2.05, 4.69) is 10.4 Å². The van der Waals surface area contributed by atoms with Crippen LogP contribution in [0.25, 0.3) is 11.3 Å². The maximum absolute atomic E-state index is 12.9. The molecule has 6 nitrogen and oxygen atoms in total. The SMILES string of the molecule is CN(C)c1ccc(NC(=O)C(C)(C)n2nc(-c3ccccc3)ccc2=O)cc1. The molecule has 1 amide bonds. The quantitative estimate of drug-likeness (QED) is 0.742. The fraction of sp³-hybridized carbons (Fsp3) is 0.227. The van der Waals surface area contributed by atoms with Gasteiger partial charge >= 0.3 is 0 Å². The molecule has 28 heavy (non-hydrogen) atoms. The predicted octanol–water partition coefficient (Wildman–Crippen LogP) is 3.35. The van der Waals surface area contributed by atoms with Crippen molar-refractivity contribution in [2.75, 3.05) is 24.3 Å². The third kappa shape index (κ3) is 3.96. The van der Waals surface area contributed by atoms with Crippen LogP contribution in [0.1, 0.15) is 13.8 Å². The lowest BCUT2D eigenvalue weighted by Gasteiger charge is -2.25. The Kier molecular flexibility index (Phi) is 5.31. The van der Waals surface area contributed by atoms with E-state index in [9.17, 15) is 9.59 Å². The zero-order valence-electron chi connectivity index (χ0n) is 16.5. The third-order valence-corrected chi connectivity index (χ3v) is 4.60. The van der Waals surface area contributed by atoms with E-state index < -0.39 is 5.54 Å². The molecule has 1 N–H and O–H groups in total. The number of rotatable bonds is 5. The van der Waals surface area contributed by atoms with Gasteiger partial charge < -0.3 is 10.2 Å². The van der Waals surface area contributed by atoms with E-state index in [4.69, 9.17) is 0 Å². The molecule has 0 unspecified atom stereocenters. The molecule has 2 aromatic carbocycles. The lowest BCUT2D eigenvalue weighted by Crippen LogP contribution is -2.47. The monoisotopic (exact) mass is 376 g/mol. The zero-order chi connectivity index (χ0) is 20.3. The minimum atomic E-state index is -1.16. The fourth-order valence-corrected chi connectivity index (χ4v) is 2.80. The van der Waals surface area contributed by atoms with Crippen LogP contribution in [0.2, 0.25) is 0 Å². The first-order valence-electron chi connectivity index (χ1n) is 9.04. The Morgan fingerprint density at radius 1 is 0.964 bits per heavy atom. The smallest absolute Gasteiger partial charge is 0.267 e. The molecule has 1 aromatic heterocycles. The maximum atomic E-state index is 12.9. The summed E-state index contributed by atoms with van der Waals surface area (Å²) in [5, 5.41) is 7.33. The first-order chi connectivity index (χ1) is 13.3. The minimum absolute atomic E-state index is 0.315. The normalized spacial score (nSPS) is 11.1. The van der Waals surface area contributed by atoms with Gasteiger partial charge in [-0.1, -0.05) is 30.3 Å². The standard InChI is InChI=1S/C22H24N4O2/c1-22(2,21(28)23-17-10-12-18(13-11-17)25(3)4)26-20(27)15-14-19(24-26)16-8-6-5-7-9-16/h5-15H,1-4H3,(H,23,28). The first kappa shape index (κ1) is 19.4. The molecule has 0 atom stereocenters. The average molecular weight is 376 g/mol. The van der Waals surface area contributed by atoms with Crippen LogP contribution < -0.4 is 15.8 Å². The summed E-state index contributed by atoms with van der Waals surface area (Å²) in [6.07, 6.45) is 0. The highest BCUT2D eigenvalue weighted by Crippen LogP contribution is 2.21. The number of hydrogen-bond acceptors (Lipinski definition) is 4. The number of carbonyl (C=O) groups is 1. The van der Waals surface area contributed by atoms with E-state index in [1.54, 1.807) is 19.9 Å². The van der Waals surface area contributed by atoms with E-state index in [0.717, 1.165) is 11.3 Å². The molecule has 144 valence electrons. The van der Waals surface area contributed by atoms with Crippen molar-refractivity contribution in [3.05, 3.63) is 77.1 Å². The molecule has 0 aliphatic heterocycles. The third-order valence-electron chi connectivity index (χ3n) is 4.60. The molecule has 0 spiro atoms. The Hall–Kier alpha value is -3.41. The van der Waals surface area contributed by atoms with Crippen LogP contribution in [-0.4, -0.2) is 29.8 Å². The lowest BCUT2D eigenvalue weighted by molar-refractivity contribution is -0.123. The predicted molar refractivity (Wildman–Crippen MR) is 113 cm³/mol. The number of hydrogen-bond donors (Lipinski definition) is 1. The molecule has 0 bridgehead atoms. The van der Waals surface area contributed by atoms with Gasteiger partial charge in [-0.05, 0) is 44.2 Å². The van der Waals surface area contributed by atoms with Gasteiger partial charge in [0.15, 0.2) is 0 Å². The molecule has 3 aromatic rings. The van der Waals surface area contributed by atoms with Gasteiger partial charge in [-0.3, -0.25) is 9.59 Å². The molecule has 0 fully saturated rings. The Morgan fingerprint density at radius 3 is 2.21 bits per heavy atom. The van der Waals surface area contributed by atoms with Crippen molar-refractivity contribution in [1.82, 2.24) is 9.78 Å². The molecule has 0 aliphatic carbocycles. The van der Waals surface area contributed by atoms with Gasteiger partial charge in [-0.2, -0.15) is 5.10 Å². The summed E-state index contributed by atoms with van der Waals surface area (Å²) < 4.78 is 1.23. The van der Waals surface area contributed by atoms with E-state index in [0.29, 0.717) is 11.4 Å². The van der Waals surface area contributed by atoms with Gasteiger partial charge in [0.2, 0.25) is 0 Å². The van der Waals surface area contributed by atoms with E-state index >= 15 is 0 Å². The summed E-state index contributed by atoms with van der Waals surface area (Å²) >= 11 is 0. The molecule has 0 saturated carbocycles. The van der Waals surface area contributed by atoms with Crippen LogP contribution in [0.15, 0.2) is 71.5 Å². The van der Waals surface area contributed by atoms with Crippen molar-refractivity contribution >= 4 is 17.3 Å². The zero-order valence-corrected chi connectivity index (χ0v) is 16.5. The van der Waals surface area contributed by atoms with Crippen molar-refractivity contribution in [3.8, 4) is 11.3 Å². The number of nitrogens with one attached hydrogen (secondary N) is 1. The van der Waals surface area contributed by atoms with Crippen LogP contribution in [0.4, 0.5) is 11.4 Å². The average Bonchev–Trinajstić information content (AvgIpc) is 2.69. The number of nitrogens with zero attached hydrogens (tertiary/aromatic N) is 3. The van der Waals surface area contributed by atoms with Crippen molar-refractivity contribution in [3.63, 3.8) is 0 Å². The van der Waals surface area contributed by atoms with Crippen molar-refractivity contribution < 1.29 is 4.79 Å².